The van der Waals surface area contributed by atoms with Gasteiger partial charge in [-0.15, -0.1) is 0 Å². The summed E-state index contributed by atoms with van der Waals surface area (Å²) < 4.78 is 11.6. The number of hydrogen-bond acceptors (Lipinski definition) is 8. The molecule has 3 rings (SSSR count). The molecule has 1 unspecified atom stereocenters. The van der Waals surface area contributed by atoms with Gasteiger partial charge in [0.2, 0.25) is 0 Å². The van der Waals surface area contributed by atoms with Gasteiger partial charge in [0.1, 0.15) is 12.2 Å². The van der Waals surface area contributed by atoms with Gasteiger partial charge in [-0.2, -0.15) is 0 Å². The summed E-state index contributed by atoms with van der Waals surface area (Å²) >= 11 is 0. The van der Waals surface area contributed by atoms with Crippen LogP contribution in [0.25, 0.3) is 0 Å². The summed E-state index contributed by atoms with van der Waals surface area (Å²) in [6.45, 7) is 6.90. The van der Waals surface area contributed by atoms with Crippen LogP contribution in [0.4, 0.5) is 11.4 Å². The van der Waals surface area contributed by atoms with Crippen LogP contribution in [0.1, 0.15) is 33.3 Å². The second-order valence-corrected chi connectivity index (χ2v) is 8.68. The molecule has 2 aromatic carbocycles. The Hall–Kier alpha value is -4.18. The fourth-order valence-corrected chi connectivity index (χ4v) is 4.31. The number of methoxy groups -OCH3 is 1. The Bertz CT molecular complexity index is 1240. The predicted molar refractivity (Wildman–Crippen MR) is 133 cm³/mol. The highest BCUT2D eigenvalue weighted by Crippen LogP contribution is 2.36. The Morgan fingerprint density at radius 2 is 1.72 bits per heavy atom. The van der Waals surface area contributed by atoms with Crippen LogP contribution in [0.5, 0.6) is 0 Å². The zero-order valence-electron chi connectivity index (χ0n) is 20.8. The minimum atomic E-state index is -1.32. The summed E-state index contributed by atoms with van der Waals surface area (Å²) in [5, 5.41) is 24.2. The lowest BCUT2D eigenvalue weighted by molar-refractivity contribution is -0.384. The van der Waals surface area contributed by atoms with Gasteiger partial charge < -0.3 is 19.9 Å². The molecule has 0 amide bonds. The molecule has 0 bridgehead atoms. The number of non-ortho nitro benzene ring substituents is 1. The first-order valence-corrected chi connectivity index (χ1v) is 11.3. The maximum Gasteiger partial charge on any atom is 0.357 e. The van der Waals surface area contributed by atoms with Crippen molar-refractivity contribution >= 4 is 23.3 Å². The zero-order chi connectivity index (χ0) is 26.6. The number of allylic oxidation sites excluding steroid dienone is 2. The van der Waals surface area contributed by atoms with Crippen LogP contribution in [0.15, 0.2) is 77.4 Å². The third-order valence-electron chi connectivity index (χ3n) is 6.20. The number of hydrogen-bond donors (Lipinski definition) is 2. The number of anilines is 1. The number of benzene rings is 2. The molecule has 0 spiro atoms. The van der Waals surface area contributed by atoms with Crippen LogP contribution in [-0.4, -0.2) is 35.7 Å². The van der Waals surface area contributed by atoms with E-state index in [-0.39, 0.29) is 41.0 Å². The van der Waals surface area contributed by atoms with Crippen molar-refractivity contribution in [1.82, 2.24) is 5.32 Å². The third kappa shape index (κ3) is 4.94. The highest BCUT2D eigenvalue weighted by atomic mass is 16.6. The number of carboxylic acid groups (broad SMARTS) is 1. The van der Waals surface area contributed by atoms with E-state index in [1.807, 2.05) is 44.2 Å². The van der Waals surface area contributed by atoms with Gasteiger partial charge in [-0.3, -0.25) is 15.0 Å². The van der Waals surface area contributed by atoms with Crippen LogP contribution in [0, 0.1) is 16.0 Å². The summed E-state index contributed by atoms with van der Waals surface area (Å²) in [5.74, 6) is -2.21. The van der Waals surface area contributed by atoms with E-state index in [4.69, 9.17) is 9.47 Å². The highest BCUT2D eigenvalue weighted by molar-refractivity contribution is 6.02. The molecule has 2 aromatic rings. The van der Waals surface area contributed by atoms with Crippen LogP contribution >= 0.6 is 0 Å². The number of esters is 1. The van der Waals surface area contributed by atoms with E-state index in [1.165, 1.54) is 36.3 Å². The van der Waals surface area contributed by atoms with E-state index in [0.29, 0.717) is 5.70 Å². The average Bonchev–Trinajstić information content (AvgIpc) is 2.84. The molecular weight excluding hydrogens is 466 g/mol. The number of carboxylic acids is 1. The predicted octanol–water partition coefficient (Wildman–Crippen LogP) is 4.29. The molecule has 1 aliphatic heterocycles. The molecule has 10 nitrogen and oxygen atoms in total. The molecule has 0 saturated carbocycles. The van der Waals surface area contributed by atoms with Gasteiger partial charge in [-0.1, -0.05) is 50.2 Å². The fourth-order valence-electron chi connectivity index (χ4n) is 4.31. The van der Waals surface area contributed by atoms with E-state index in [9.17, 15) is 24.8 Å². The quantitative estimate of drug-likeness (QED) is 0.297. The fraction of sp³-hybridized carbons (Fsp3) is 0.308. The number of rotatable bonds is 9. The molecule has 36 heavy (non-hydrogen) atoms. The van der Waals surface area contributed by atoms with E-state index in [0.717, 1.165) is 5.56 Å². The first-order valence-electron chi connectivity index (χ1n) is 11.3. The van der Waals surface area contributed by atoms with E-state index in [1.54, 1.807) is 13.8 Å². The summed E-state index contributed by atoms with van der Waals surface area (Å²) in [5.41, 5.74) is 0.00552. The second kappa shape index (κ2) is 10.6. The van der Waals surface area contributed by atoms with E-state index in [2.05, 4.69) is 5.32 Å². The SMILES string of the molecule is COC(COC(=O)C1=C(C)NC(C)=C(C(=O)O)N1c1cccc([N+](=O)[O-])c1)(c1ccccc1)C(C)C. The minimum absolute atomic E-state index is 0.0816. The van der Waals surface area contributed by atoms with Crippen LogP contribution < -0.4 is 10.2 Å². The number of nitrogens with zero attached hydrogens (tertiary/aromatic N) is 2. The standard InChI is InChI=1S/C26H29N3O7/c1-16(2)26(35-5,19-10-7-6-8-11-19)15-36-25(32)23-18(4)27-17(3)22(24(30)31)28(23)20-12-9-13-21(14-20)29(33)34/h6-14,16,27H,15H2,1-5H3,(H,30,31). The molecule has 0 aromatic heterocycles. The summed E-state index contributed by atoms with van der Waals surface area (Å²) in [6, 6.07) is 14.8. The number of ether oxygens (including phenoxy) is 2. The molecule has 0 aliphatic carbocycles. The zero-order valence-corrected chi connectivity index (χ0v) is 20.8. The largest absolute Gasteiger partial charge is 0.477 e. The number of nitrogens with one attached hydrogen (secondary N) is 1. The van der Waals surface area contributed by atoms with Gasteiger partial charge in [0.25, 0.3) is 5.69 Å². The number of carbonyl (C=O) groups is 2. The van der Waals surface area contributed by atoms with Crippen LogP contribution in [0.2, 0.25) is 0 Å². The number of nitro benzene ring substituents is 1. The summed E-state index contributed by atoms with van der Waals surface area (Å²) in [6.07, 6.45) is 0. The maximum absolute atomic E-state index is 13.5. The Morgan fingerprint density at radius 3 is 2.28 bits per heavy atom. The smallest absolute Gasteiger partial charge is 0.357 e. The number of aliphatic carboxylic acids is 1. The van der Waals surface area contributed by atoms with Crippen molar-refractivity contribution in [2.45, 2.75) is 33.3 Å². The minimum Gasteiger partial charge on any atom is -0.477 e. The Kier molecular flexibility index (Phi) is 7.79. The molecular formula is C26H29N3O7. The van der Waals surface area contributed by atoms with E-state index >= 15 is 0 Å². The Morgan fingerprint density at radius 1 is 1.08 bits per heavy atom. The number of carbonyl (C=O) groups excluding carboxylic acids is 1. The summed E-state index contributed by atoms with van der Waals surface area (Å²) in [7, 11) is 1.54. The first kappa shape index (κ1) is 26.4. The van der Waals surface area contributed by atoms with Gasteiger partial charge in [-0.05, 0) is 31.4 Å². The second-order valence-electron chi connectivity index (χ2n) is 8.68. The Balaban J connectivity index is 2.05. The molecule has 1 atom stereocenters. The molecule has 10 heteroatoms. The summed E-state index contributed by atoms with van der Waals surface area (Å²) in [4.78, 5) is 37.7. The third-order valence-corrected chi connectivity index (χ3v) is 6.20. The van der Waals surface area contributed by atoms with Crippen molar-refractivity contribution in [2.75, 3.05) is 18.6 Å². The van der Waals surface area contributed by atoms with E-state index < -0.39 is 22.5 Å². The lowest BCUT2D eigenvalue weighted by atomic mass is 9.83. The van der Waals surface area contributed by atoms with Crippen molar-refractivity contribution in [1.29, 1.82) is 0 Å². The lowest BCUT2D eigenvalue weighted by Crippen LogP contribution is -2.43. The van der Waals surface area contributed by atoms with Crippen molar-refractivity contribution in [3.05, 3.63) is 93.1 Å². The van der Waals surface area contributed by atoms with Crippen molar-refractivity contribution in [2.24, 2.45) is 5.92 Å². The highest BCUT2D eigenvalue weighted by Gasteiger charge is 2.40. The van der Waals surface area contributed by atoms with Crippen LogP contribution in [-0.2, 0) is 24.7 Å². The monoisotopic (exact) mass is 495 g/mol. The molecule has 2 N–H and O–H groups in total. The normalized spacial score (nSPS) is 15.4. The number of nitro groups is 1. The van der Waals surface area contributed by atoms with Crippen molar-refractivity contribution < 1.29 is 29.1 Å². The topological polar surface area (TPSA) is 131 Å². The lowest BCUT2D eigenvalue weighted by Gasteiger charge is -2.37. The molecule has 1 aliphatic rings. The molecule has 0 saturated heterocycles. The van der Waals surface area contributed by atoms with Gasteiger partial charge >= 0.3 is 11.9 Å². The molecule has 190 valence electrons. The van der Waals surface area contributed by atoms with Gasteiger partial charge in [-0.25, -0.2) is 9.59 Å². The van der Waals surface area contributed by atoms with Crippen molar-refractivity contribution in [3.63, 3.8) is 0 Å². The average molecular weight is 496 g/mol. The van der Waals surface area contributed by atoms with Crippen LogP contribution in [0.3, 0.4) is 0 Å². The van der Waals surface area contributed by atoms with Gasteiger partial charge in [0.15, 0.2) is 11.4 Å². The maximum atomic E-state index is 13.5. The first-order chi connectivity index (χ1) is 17.0. The molecule has 0 fully saturated rings. The Labute approximate surface area is 209 Å². The van der Waals surface area contributed by atoms with Gasteiger partial charge in [0, 0.05) is 30.6 Å². The van der Waals surface area contributed by atoms with Crippen molar-refractivity contribution in [3.8, 4) is 0 Å². The molecule has 0 radical (unpaired) electrons. The van der Waals surface area contributed by atoms with Gasteiger partial charge in [0.05, 0.1) is 10.6 Å². The molecule has 1 heterocycles.